The summed E-state index contributed by atoms with van der Waals surface area (Å²) in [5, 5.41) is 2.05. The van der Waals surface area contributed by atoms with Gasteiger partial charge < -0.3 is 4.18 Å². The lowest BCUT2D eigenvalue weighted by molar-refractivity contribution is 0.486. The SMILES string of the molecule is CCc1ccc2sc3ccc(S(=O)(=O)Oc4ccccc4)cc3c2c1. The van der Waals surface area contributed by atoms with Crippen molar-refractivity contribution in [1.82, 2.24) is 0 Å². The van der Waals surface area contributed by atoms with E-state index in [4.69, 9.17) is 4.18 Å². The zero-order chi connectivity index (χ0) is 17.4. The van der Waals surface area contributed by atoms with Crippen molar-refractivity contribution in [2.24, 2.45) is 0 Å². The van der Waals surface area contributed by atoms with Crippen molar-refractivity contribution in [1.29, 1.82) is 0 Å². The van der Waals surface area contributed by atoms with Gasteiger partial charge in [-0.1, -0.05) is 31.2 Å². The quantitative estimate of drug-likeness (QED) is 0.454. The first kappa shape index (κ1) is 16.1. The van der Waals surface area contributed by atoms with Crippen molar-refractivity contribution in [2.75, 3.05) is 0 Å². The molecule has 4 rings (SSSR count). The second-order valence-corrected chi connectivity index (χ2v) is 8.42. The number of aryl methyl sites for hydroxylation is 1. The molecule has 126 valence electrons. The Morgan fingerprint density at radius 3 is 2.28 bits per heavy atom. The molecular weight excluding hydrogens is 352 g/mol. The molecule has 5 heteroatoms. The molecule has 3 nitrogen and oxygen atoms in total. The van der Waals surface area contributed by atoms with Crippen molar-refractivity contribution < 1.29 is 12.6 Å². The van der Waals surface area contributed by atoms with Crippen LogP contribution < -0.4 is 4.18 Å². The molecule has 0 fully saturated rings. The largest absolute Gasteiger partial charge is 0.379 e. The highest BCUT2D eigenvalue weighted by atomic mass is 32.2. The number of para-hydroxylation sites is 1. The highest BCUT2D eigenvalue weighted by molar-refractivity contribution is 7.87. The molecule has 4 aromatic rings. The highest BCUT2D eigenvalue weighted by Crippen LogP contribution is 2.36. The molecule has 0 atom stereocenters. The monoisotopic (exact) mass is 368 g/mol. The Bertz CT molecular complexity index is 1160. The van der Waals surface area contributed by atoms with E-state index < -0.39 is 10.1 Å². The van der Waals surface area contributed by atoms with E-state index in [9.17, 15) is 8.42 Å². The average Bonchev–Trinajstić information content (AvgIpc) is 2.99. The van der Waals surface area contributed by atoms with E-state index in [1.165, 1.54) is 5.56 Å². The maximum Gasteiger partial charge on any atom is 0.339 e. The first-order valence-corrected chi connectivity index (χ1v) is 10.2. The third-order valence-electron chi connectivity index (χ3n) is 4.15. The topological polar surface area (TPSA) is 43.4 Å². The molecule has 0 N–H and O–H groups in total. The normalized spacial score (nSPS) is 11.9. The van der Waals surface area contributed by atoms with Gasteiger partial charge in [-0.25, -0.2) is 0 Å². The van der Waals surface area contributed by atoms with E-state index in [1.807, 2.05) is 12.1 Å². The van der Waals surface area contributed by atoms with Crippen LogP contribution in [-0.2, 0) is 16.5 Å². The molecule has 1 heterocycles. The number of hydrogen-bond acceptors (Lipinski definition) is 4. The van der Waals surface area contributed by atoms with Gasteiger partial charge in [0.15, 0.2) is 0 Å². The number of hydrogen-bond donors (Lipinski definition) is 0. The molecule has 3 aromatic carbocycles. The maximum absolute atomic E-state index is 12.6. The third kappa shape index (κ3) is 3.01. The summed E-state index contributed by atoms with van der Waals surface area (Å²) in [4.78, 5) is 0.172. The molecule has 25 heavy (non-hydrogen) atoms. The van der Waals surface area contributed by atoms with Gasteiger partial charge in [-0.3, -0.25) is 0 Å². The van der Waals surface area contributed by atoms with E-state index in [0.29, 0.717) is 5.75 Å². The first-order chi connectivity index (χ1) is 12.1. The van der Waals surface area contributed by atoms with Crippen LogP contribution in [0.4, 0.5) is 0 Å². The number of fused-ring (bicyclic) bond motifs is 3. The van der Waals surface area contributed by atoms with E-state index >= 15 is 0 Å². The molecule has 0 unspecified atom stereocenters. The fraction of sp³-hybridized carbons (Fsp3) is 0.100. The summed E-state index contributed by atoms with van der Waals surface area (Å²) < 4.78 is 32.7. The van der Waals surface area contributed by atoms with Crippen molar-refractivity contribution in [3.8, 4) is 5.75 Å². The molecular formula is C20H16O3S2. The molecule has 0 saturated carbocycles. The maximum atomic E-state index is 12.6. The van der Waals surface area contributed by atoms with Crippen LogP contribution in [0.3, 0.4) is 0 Å². The Morgan fingerprint density at radius 1 is 0.880 bits per heavy atom. The average molecular weight is 368 g/mol. The van der Waals surface area contributed by atoms with Gasteiger partial charge in [0.2, 0.25) is 0 Å². The van der Waals surface area contributed by atoms with Crippen LogP contribution in [0.5, 0.6) is 5.75 Å². The van der Waals surface area contributed by atoms with Crippen molar-refractivity contribution in [3.63, 3.8) is 0 Å². The van der Waals surface area contributed by atoms with Crippen LogP contribution in [0, 0.1) is 0 Å². The van der Waals surface area contributed by atoms with Gasteiger partial charge >= 0.3 is 10.1 Å². The lowest BCUT2D eigenvalue weighted by atomic mass is 10.1. The van der Waals surface area contributed by atoms with E-state index in [0.717, 1.165) is 26.6 Å². The first-order valence-electron chi connectivity index (χ1n) is 8.01. The summed E-state index contributed by atoms with van der Waals surface area (Å²) in [5.74, 6) is 0.311. The second-order valence-electron chi connectivity index (χ2n) is 5.79. The van der Waals surface area contributed by atoms with Crippen LogP contribution >= 0.6 is 11.3 Å². The molecule has 0 aliphatic rings. The van der Waals surface area contributed by atoms with Crippen LogP contribution in [0.2, 0.25) is 0 Å². The third-order valence-corrected chi connectivity index (χ3v) is 6.55. The van der Waals surface area contributed by atoms with Crippen LogP contribution in [0.1, 0.15) is 12.5 Å². The molecule has 0 amide bonds. The van der Waals surface area contributed by atoms with Crippen LogP contribution in [0.15, 0.2) is 71.6 Å². The van der Waals surface area contributed by atoms with Crippen molar-refractivity contribution >= 4 is 41.6 Å². The molecule has 1 aromatic heterocycles. The predicted octanol–water partition coefficient (Wildman–Crippen LogP) is 5.38. The predicted molar refractivity (Wildman–Crippen MR) is 103 cm³/mol. The van der Waals surface area contributed by atoms with Gasteiger partial charge in [-0.05, 0) is 54.4 Å². The molecule has 0 aliphatic heterocycles. The molecule has 0 spiro atoms. The summed E-state index contributed by atoms with van der Waals surface area (Å²) in [6.07, 6.45) is 0.947. The minimum atomic E-state index is -3.86. The summed E-state index contributed by atoms with van der Waals surface area (Å²) in [7, 11) is -3.86. The van der Waals surface area contributed by atoms with E-state index in [-0.39, 0.29) is 4.90 Å². The Balaban J connectivity index is 1.83. The number of thiophene rings is 1. The Hall–Kier alpha value is -2.37. The van der Waals surface area contributed by atoms with Crippen molar-refractivity contribution in [3.05, 3.63) is 72.3 Å². The zero-order valence-electron chi connectivity index (χ0n) is 13.6. The van der Waals surface area contributed by atoms with Gasteiger partial charge in [-0.15, -0.1) is 11.3 Å². The van der Waals surface area contributed by atoms with Crippen LogP contribution in [0.25, 0.3) is 20.2 Å². The summed E-state index contributed by atoms with van der Waals surface area (Å²) in [5.41, 5.74) is 1.24. The standard InChI is InChI=1S/C20H16O3S2/c1-2-14-8-10-19-17(12-14)18-13-16(9-11-20(18)24-19)25(21,22)23-15-6-4-3-5-7-15/h3-13H,2H2,1H3. The Morgan fingerprint density at radius 2 is 1.56 bits per heavy atom. The Kier molecular flexibility index (Phi) is 3.98. The smallest absolute Gasteiger partial charge is 0.339 e. The van der Waals surface area contributed by atoms with E-state index in [2.05, 4.69) is 25.1 Å². The summed E-state index contributed by atoms with van der Waals surface area (Å²) in [6, 6.07) is 20.1. The zero-order valence-corrected chi connectivity index (χ0v) is 15.2. The van der Waals surface area contributed by atoms with Gasteiger partial charge in [0.25, 0.3) is 0 Å². The molecule has 0 aliphatic carbocycles. The number of benzene rings is 3. The molecule has 0 bridgehead atoms. The highest BCUT2D eigenvalue weighted by Gasteiger charge is 2.18. The second kappa shape index (κ2) is 6.17. The van der Waals surface area contributed by atoms with E-state index in [1.54, 1.807) is 47.7 Å². The number of rotatable bonds is 4. The van der Waals surface area contributed by atoms with Crippen LogP contribution in [-0.4, -0.2) is 8.42 Å². The molecule has 0 radical (unpaired) electrons. The minimum absolute atomic E-state index is 0.172. The molecule has 0 saturated heterocycles. The van der Waals surface area contributed by atoms with Crippen molar-refractivity contribution in [2.45, 2.75) is 18.2 Å². The fourth-order valence-corrected chi connectivity index (χ4v) is 4.85. The van der Waals surface area contributed by atoms with Gasteiger partial charge in [-0.2, -0.15) is 8.42 Å². The van der Waals surface area contributed by atoms with Gasteiger partial charge in [0, 0.05) is 20.2 Å². The summed E-state index contributed by atoms with van der Waals surface area (Å²) >= 11 is 1.67. The Labute approximate surface area is 150 Å². The minimum Gasteiger partial charge on any atom is -0.379 e. The fourth-order valence-electron chi connectivity index (χ4n) is 2.83. The lowest BCUT2D eigenvalue weighted by Gasteiger charge is -2.07. The lowest BCUT2D eigenvalue weighted by Crippen LogP contribution is -2.09. The van der Waals surface area contributed by atoms with Gasteiger partial charge in [0.05, 0.1) is 0 Å². The van der Waals surface area contributed by atoms with Gasteiger partial charge in [0.1, 0.15) is 10.6 Å². The summed E-state index contributed by atoms with van der Waals surface area (Å²) in [6.45, 7) is 2.11.